The number of aliphatic hydroxyl groups is 2. The number of carbonyl (C=O) groups is 3. The molecule has 3 saturated heterocycles. The normalized spacial score (nSPS) is 26.5. The minimum atomic E-state index is -5.12. The summed E-state index contributed by atoms with van der Waals surface area (Å²) in [6.07, 6.45) is 1.27. The minimum absolute atomic E-state index is 0.0262. The molecule has 0 aromatic carbocycles. The van der Waals surface area contributed by atoms with Crippen molar-refractivity contribution in [2.45, 2.75) is 217 Å². The summed E-state index contributed by atoms with van der Waals surface area (Å²) in [6.45, 7) is 15.9. The van der Waals surface area contributed by atoms with Crippen molar-refractivity contribution in [1.82, 2.24) is 10.6 Å². The van der Waals surface area contributed by atoms with Crippen molar-refractivity contribution in [2.75, 3.05) is 39.6 Å². The maximum absolute atomic E-state index is 13.1. The van der Waals surface area contributed by atoms with Gasteiger partial charge in [-0.3, -0.25) is 14.4 Å². The van der Waals surface area contributed by atoms with E-state index in [0.29, 0.717) is 13.0 Å². The number of halogens is 6. The number of nitrogens with one attached hydrogen (secondary N) is 2. The molecule has 3 heterocycles. The molecule has 3 rings (SSSR count). The number of aliphatic hydroxyl groups excluding tert-OH is 2. The van der Waals surface area contributed by atoms with Crippen molar-refractivity contribution in [2.24, 2.45) is 0 Å². The van der Waals surface area contributed by atoms with Gasteiger partial charge in [0, 0.05) is 20.1 Å². The Morgan fingerprint density at radius 2 is 1.07 bits per heavy atom. The second kappa shape index (κ2) is 34.4. The molecule has 404 valence electrons. The molecule has 3 aliphatic heterocycles. The zero-order valence-corrected chi connectivity index (χ0v) is 41.0. The van der Waals surface area contributed by atoms with E-state index in [1.807, 2.05) is 10.6 Å². The molecule has 2 amide bonds. The van der Waals surface area contributed by atoms with Crippen LogP contribution in [0, 0.1) is 0 Å². The number of unbranched alkanes of at least 4 members (excludes halogenated alkanes) is 14. The monoisotopic (exact) mass is 1010 g/mol. The van der Waals surface area contributed by atoms with Crippen LogP contribution in [0.15, 0.2) is 25.3 Å². The Morgan fingerprint density at radius 1 is 0.681 bits per heavy atom. The predicted molar refractivity (Wildman–Crippen MR) is 242 cm³/mol. The van der Waals surface area contributed by atoms with Crippen molar-refractivity contribution >= 4 is 17.8 Å². The van der Waals surface area contributed by atoms with Gasteiger partial charge in [0.15, 0.2) is 18.4 Å². The van der Waals surface area contributed by atoms with Crippen LogP contribution in [0.5, 0.6) is 0 Å². The van der Waals surface area contributed by atoms with Crippen molar-refractivity contribution in [3.63, 3.8) is 0 Å². The lowest BCUT2D eigenvalue weighted by Gasteiger charge is -2.51. The average molecular weight is 1010 g/mol. The van der Waals surface area contributed by atoms with Crippen LogP contribution < -0.4 is 10.6 Å². The van der Waals surface area contributed by atoms with Gasteiger partial charge in [0.25, 0.3) is 5.97 Å². The summed E-state index contributed by atoms with van der Waals surface area (Å²) in [5.41, 5.74) is 0. The van der Waals surface area contributed by atoms with Crippen LogP contribution in [-0.2, 0) is 52.3 Å². The van der Waals surface area contributed by atoms with E-state index in [1.54, 1.807) is 13.8 Å². The van der Waals surface area contributed by atoms with Crippen molar-refractivity contribution < 1.29 is 93.9 Å². The Labute approximate surface area is 403 Å². The summed E-state index contributed by atoms with van der Waals surface area (Å²) in [7, 11) is 0. The number of aliphatic carboxylic acids is 1. The van der Waals surface area contributed by atoms with Crippen LogP contribution in [-0.4, -0.2) is 152 Å². The van der Waals surface area contributed by atoms with Crippen LogP contribution in [0.1, 0.15) is 137 Å². The third kappa shape index (κ3) is 25.8. The zero-order valence-electron chi connectivity index (χ0n) is 41.0. The Hall–Kier alpha value is -2.93. The fourth-order valence-electron chi connectivity index (χ4n) is 7.58. The van der Waals surface area contributed by atoms with E-state index in [4.69, 9.17) is 47.8 Å². The molecule has 22 heteroatoms. The topological polar surface area (TPSA) is 210 Å². The molecule has 0 saturated carbocycles. The van der Waals surface area contributed by atoms with Gasteiger partial charge in [-0.2, -0.15) is 26.3 Å². The Bertz CT molecular complexity index is 1440. The summed E-state index contributed by atoms with van der Waals surface area (Å²) < 4.78 is 123. The lowest BCUT2D eigenvalue weighted by atomic mass is 9.94. The molecule has 2 unspecified atom stereocenters. The molecule has 0 bridgehead atoms. The van der Waals surface area contributed by atoms with Crippen LogP contribution >= 0.6 is 0 Å². The van der Waals surface area contributed by atoms with Crippen molar-refractivity contribution in [3.05, 3.63) is 25.3 Å². The number of ether oxygens (including phenoxy) is 8. The molecule has 3 aliphatic rings. The highest BCUT2D eigenvalue weighted by Gasteiger charge is 2.55. The summed E-state index contributed by atoms with van der Waals surface area (Å²) >= 11 is 0. The summed E-state index contributed by atoms with van der Waals surface area (Å²) in [4.78, 5) is 32.3. The van der Waals surface area contributed by atoms with Crippen LogP contribution in [0.25, 0.3) is 0 Å². The third-order valence-electron chi connectivity index (χ3n) is 11.0. The number of rotatable bonds is 29. The summed E-state index contributed by atoms with van der Waals surface area (Å²) in [5, 5.41) is 31.2. The van der Waals surface area contributed by atoms with Gasteiger partial charge in [0.05, 0.1) is 26.4 Å². The molecule has 69 heavy (non-hydrogen) atoms. The van der Waals surface area contributed by atoms with E-state index in [1.165, 1.54) is 63.5 Å². The maximum Gasteiger partial charge on any atom is 0.471 e. The van der Waals surface area contributed by atoms with Gasteiger partial charge in [-0.15, -0.1) is 13.2 Å². The highest BCUT2D eigenvalue weighted by molar-refractivity contribution is 5.82. The Morgan fingerprint density at radius 3 is 1.48 bits per heavy atom. The van der Waals surface area contributed by atoms with Gasteiger partial charge in [0.2, 0.25) is 0 Å². The number of hydrogen-bond donors (Lipinski definition) is 5. The largest absolute Gasteiger partial charge is 0.481 e. The van der Waals surface area contributed by atoms with Gasteiger partial charge in [-0.25, -0.2) is 0 Å². The second-order valence-corrected chi connectivity index (χ2v) is 17.4. The highest BCUT2D eigenvalue weighted by Crippen LogP contribution is 2.35. The van der Waals surface area contributed by atoms with Gasteiger partial charge in [0.1, 0.15) is 48.7 Å². The number of carbonyl (C=O) groups excluding carboxylic acids is 2. The number of carboxylic acids is 1. The number of carboxylic acid groups (broad SMARTS) is 1. The number of hydrogen-bond acceptors (Lipinski definition) is 13. The first kappa shape index (κ1) is 64.1. The smallest absolute Gasteiger partial charge is 0.471 e. The third-order valence-corrected chi connectivity index (χ3v) is 11.0. The van der Waals surface area contributed by atoms with Gasteiger partial charge in [-0.05, 0) is 26.7 Å². The van der Waals surface area contributed by atoms with E-state index < -0.39 is 104 Å². The molecule has 0 aromatic heterocycles. The van der Waals surface area contributed by atoms with Crippen molar-refractivity contribution in [3.8, 4) is 0 Å². The molecule has 10 atom stereocenters. The first-order valence-corrected chi connectivity index (χ1v) is 24.1. The fourth-order valence-corrected chi connectivity index (χ4v) is 7.58. The second-order valence-electron chi connectivity index (χ2n) is 17.4. The summed E-state index contributed by atoms with van der Waals surface area (Å²) in [5.74, 6) is -6.08. The van der Waals surface area contributed by atoms with Crippen LogP contribution in [0.4, 0.5) is 26.3 Å². The Balaban J connectivity index is 0.000000642. The molecule has 0 aliphatic carbocycles. The molecule has 5 N–H and O–H groups in total. The van der Waals surface area contributed by atoms with Crippen LogP contribution in [0.2, 0.25) is 0 Å². The molecule has 0 spiro atoms. The fraction of sp³-hybridized carbons (Fsp3) is 0.851. The predicted octanol–water partition coefficient (Wildman–Crippen LogP) is 7.57. The standard InChI is InChI=1S/C24H40F3NO6.C21H36F3NO6.C2H4O2/c1-5-7-8-9-10-11-12-13-15-30-20-18(28-22(29)24(25,26)27)21(31-14-6-2)33-17-16-32-23(3,4)34-19(17)20;1-3-5-6-7-8-9-10-11-13-29-18-16(25-20(28)21(22,23)24)19(30-12-4-2)31-15(14-26)17(18)27;1-2(3)4/h6,17-21H,2,5,7-16H2,1,3-4H3,(H,28,29);4,15-19,26-27H,2-3,5-14H2,1H3,(H,25,28);1H3,(H,3,4)/t17-,18-,19?,20-,21+;15-,16-,17?,18-,19+;/m11./s1. The SMILES string of the molecule is C=CCO[C@H]1O[C@@H]2COC(C)(C)OC2[C@H](OCCCCCCCCCC)[C@H]1NC(=O)C(F)(F)F.C=CCO[C@H]1O[C@H](CO)C(O)[C@H](OCCCCCCCCCC)[C@H]1NC(=O)C(F)(F)F.CC(=O)O. The maximum atomic E-state index is 13.1. The zero-order chi connectivity index (χ0) is 52.0. The van der Waals surface area contributed by atoms with E-state index >= 15 is 0 Å². The number of amides is 2. The first-order valence-electron chi connectivity index (χ1n) is 24.1. The van der Waals surface area contributed by atoms with Crippen molar-refractivity contribution in [1.29, 1.82) is 0 Å². The number of alkyl halides is 6. The van der Waals surface area contributed by atoms with E-state index in [2.05, 4.69) is 27.0 Å². The average Bonchev–Trinajstić information content (AvgIpc) is 3.27. The first-order chi connectivity index (χ1) is 32.6. The van der Waals surface area contributed by atoms with Crippen LogP contribution in [0.3, 0.4) is 0 Å². The van der Waals surface area contributed by atoms with Gasteiger partial charge < -0.3 is 63.8 Å². The van der Waals surface area contributed by atoms with Gasteiger partial charge >= 0.3 is 24.2 Å². The molecule has 0 aromatic rings. The lowest BCUT2D eigenvalue weighted by molar-refractivity contribution is -0.371. The molecule has 16 nitrogen and oxygen atoms in total. The number of fused-ring (bicyclic) bond motifs is 1. The summed E-state index contributed by atoms with van der Waals surface area (Å²) in [6, 6.07) is -2.64. The van der Waals surface area contributed by atoms with E-state index in [-0.39, 0.29) is 26.4 Å². The Kier molecular flexibility index (Phi) is 32.0. The molecule has 3 fully saturated rings. The van der Waals surface area contributed by atoms with Gasteiger partial charge in [-0.1, -0.05) is 116 Å². The molecular weight excluding hydrogens is 931 g/mol. The minimum Gasteiger partial charge on any atom is -0.481 e. The lowest BCUT2D eigenvalue weighted by Crippen LogP contribution is -2.69. The highest BCUT2D eigenvalue weighted by atomic mass is 19.4. The van der Waals surface area contributed by atoms with E-state index in [0.717, 1.165) is 51.9 Å². The quantitative estimate of drug-likeness (QED) is 0.0278. The molecule has 0 radical (unpaired) electrons. The van der Waals surface area contributed by atoms with E-state index in [9.17, 15) is 46.1 Å². The molecular formula is C47H80F6N2O14.